The van der Waals surface area contributed by atoms with Gasteiger partial charge in [-0.3, -0.25) is 4.79 Å². The third kappa shape index (κ3) is 4.66. The van der Waals surface area contributed by atoms with Crippen LogP contribution in [0.1, 0.15) is 27.9 Å². The molecule has 172 valence electrons. The summed E-state index contributed by atoms with van der Waals surface area (Å²) in [7, 11) is 1.39. The van der Waals surface area contributed by atoms with Gasteiger partial charge in [-0.15, -0.1) is 0 Å². The summed E-state index contributed by atoms with van der Waals surface area (Å²) < 4.78 is 63.8. The van der Waals surface area contributed by atoms with Crippen molar-refractivity contribution >= 4 is 23.2 Å². The van der Waals surface area contributed by atoms with E-state index in [1.807, 2.05) is 0 Å². The zero-order valence-electron chi connectivity index (χ0n) is 17.0. The molecule has 0 fully saturated rings. The number of benzene rings is 2. The van der Waals surface area contributed by atoms with Crippen molar-refractivity contribution in [2.24, 2.45) is 5.10 Å². The molecule has 1 unspecified atom stereocenters. The smallest absolute Gasteiger partial charge is 0.287 e. The number of carbonyl (C=O) groups excluding carboxylic acids is 1. The fourth-order valence-electron chi connectivity index (χ4n) is 3.12. The Labute approximate surface area is 186 Å². The predicted octanol–water partition coefficient (Wildman–Crippen LogP) is 4.66. The Morgan fingerprint density at radius 2 is 1.97 bits per heavy atom. The zero-order valence-corrected chi connectivity index (χ0v) is 17.7. The monoisotopic (exact) mass is 474 g/mol. The van der Waals surface area contributed by atoms with Gasteiger partial charge in [0, 0.05) is 22.6 Å². The second kappa shape index (κ2) is 9.33. The summed E-state index contributed by atoms with van der Waals surface area (Å²) in [6, 6.07) is 8.95. The normalized spacial score (nSPS) is 18.3. The Bertz CT molecular complexity index is 1050. The lowest BCUT2D eigenvalue weighted by atomic mass is 10.1. The molecule has 0 radical (unpaired) electrons. The summed E-state index contributed by atoms with van der Waals surface area (Å²) in [5, 5.41) is 14.0. The van der Waals surface area contributed by atoms with E-state index in [2.05, 4.69) is 5.10 Å². The number of nitrogens with zero attached hydrogens (tertiary/aromatic N) is 2. The Morgan fingerprint density at radius 1 is 1.25 bits per heavy atom. The van der Waals surface area contributed by atoms with E-state index in [1.165, 1.54) is 25.3 Å². The largest absolute Gasteiger partial charge is 0.496 e. The molecule has 0 saturated carbocycles. The highest BCUT2D eigenvalue weighted by Crippen LogP contribution is 2.35. The fourth-order valence-corrected chi connectivity index (χ4v) is 3.24. The van der Waals surface area contributed by atoms with Crippen molar-refractivity contribution in [3.05, 3.63) is 58.1 Å². The lowest BCUT2D eigenvalue weighted by molar-refractivity contribution is -0.164. The average molecular weight is 475 g/mol. The van der Waals surface area contributed by atoms with E-state index in [0.717, 1.165) is 5.56 Å². The third-order valence-electron chi connectivity index (χ3n) is 4.88. The molecule has 0 aromatic heterocycles. The van der Waals surface area contributed by atoms with Gasteiger partial charge in [0.25, 0.3) is 18.8 Å². The van der Waals surface area contributed by atoms with Crippen molar-refractivity contribution < 1.29 is 36.9 Å². The van der Waals surface area contributed by atoms with E-state index in [1.54, 1.807) is 25.1 Å². The SMILES string of the molecule is COc1ccc(C(=O)N2N=C(C(F)F)CC2(O)C(F)F)cc1COc1ccc(Cl)c(C)c1. The second-order valence-electron chi connectivity index (χ2n) is 7.09. The van der Waals surface area contributed by atoms with Crippen LogP contribution >= 0.6 is 11.6 Å². The van der Waals surface area contributed by atoms with Gasteiger partial charge in [0.15, 0.2) is 0 Å². The maximum Gasteiger partial charge on any atom is 0.287 e. The number of carbonyl (C=O) groups is 1. The molecule has 1 aliphatic heterocycles. The Morgan fingerprint density at radius 3 is 2.56 bits per heavy atom. The first-order valence-electron chi connectivity index (χ1n) is 9.33. The molecule has 3 rings (SSSR count). The van der Waals surface area contributed by atoms with E-state index in [9.17, 15) is 27.5 Å². The second-order valence-corrected chi connectivity index (χ2v) is 7.50. The molecule has 0 spiro atoms. The van der Waals surface area contributed by atoms with Crippen molar-refractivity contribution in [2.45, 2.75) is 38.5 Å². The van der Waals surface area contributed by atoms with Crippen molar-refractivity contribution in [3.63, 3.8) is 0 Å². The van der Waals surface area contributed by atoms with E-state index in [-0.39, 0.29) is 17.2 Å². The molecule has 1 N–H and O–H groups in total. The van der Waals surface area contributed by atoms with Crippen LogP contribution in [0.15, 0.2) is 41.5 Å². The van der Waals surface area contributed by atoms with Gasteiger partial charge >= 0.3 is 0 Å². The Balaban J connectivity index is 1.89. The third-order valence-corrected chi connectivity index (χ3v) is 5.31. The number of aliphatic hydroxyl groups is 1. The summed E-state index contributed by atoms with van der Waals surface area (Å²) in [5.74, 6) is -0.340. The molecular weight excluding hydrogens is 456 g/mol. The number of hydrogen-bond acceptors (Lipinski definition) is 5. The standard InChI is InChI=1S/C21H19ClF4N2O4/c1-11-7-14(4-5-15(11)22)32-10-13-8-12(3-6-17(13)31-2)19(29)28-21(30,20(25)26)9-16(27-28)18(23)24/h3-8,18,20,30H,9-10H2,1-2H3. The minimum atomic E-state index is -3.51. The molecule has 1 aliphatic rings. The summed E-state index contributed by atoms with van der Waals surface area (Å²) in [5.41, 5.74) is -3.18. The van der Waals surface area contributed by atoms with Gasteiger partial charge in [-0.05, 0) is 48.9 Å². The average Bonchev–Trinajstić information content (AvgIpc) is 3.13. The number of ether oxygens (including phenoxy) is 2. The molecule has 1 amide bonds. The van der Waals surface area contributed by atoms with Crippen LogP contribution in [0.25, 0.3) is 0 Å². The van der Waals surface area contributed by atoms with Gasteiger partial charge in [0.2, 0.25) is 5.72 Å². The van der Waals surface area contributed by atoms with Crippen LogP contribution in [0.4, 0.5) is 17.6 Å². The highest BCUT2D eigenvalue weighted by atomic mass is 35.5. The topological polar surface area (TPSA) is 71.4 Å². The number of hydrazone groups is 1. The minimum Gasteiger partial charge on any atom is -0.496 e. The van der Waals surface area contributed by atoms with E-state index in [0.29, 0.717) is 22.1 Å². The van der Waals surface area contributed by atoms with Crippen LogP contribution in [-0.2, 0) is 6.61 Å². The van der Waals surface area contributed by atoms with Crippen LogP contribution in [0, 0.1) is 6.92 Å². The van der Waals surface area contributed by atoms with Crippen LogP contribution in [0.5, 0.6) is 11.5 Å². The molecule has 11 heteroatoms. The molecule has 2 aromatic rings. The number of amides is 1. The first kappa shape index (κ1) is 23.8. The number of alkyl halides is 4. The zero-order chi connectivity index (χ0) is 23.6. The molecular formula is C21H19ClF4N2O4. The van der Waals surface area contributed by atoms with Gasteiger partial charge < -0.3 is 14.6 Å². The van der Waals surface area contributed by atoms with Crippen LogP contribution in [0.3, 0.4) is 0 Å². The summed E-state index contributed by atoms with van der Waals surface area (Å²) >= 11 is 5.99. The maximum absolute atomic E-state index is 13.4. The first-order chi connectivity index (χ1) is 15.1. The summed E-state index contributed by atoms with van der Waals surface area (Å²) in [6.45, 7) is 1.74. The number of methoxy groups -OCH3 is 1. The fraction of sp³-hybridized carbons (Fsp3) is 0.333. The molecule has 6 nitrogen and oxygen atoms in total. The number of hydrogen-bond donors (Lipinski definition) is 1. The van der Waals surface area contributed by atoms with E-state index in [4.69, 9.17) is 21.1 Å². The molecule has 1 heterocycles. The van der Waals surface area contributed by atoms with Gasteiger partial charge in [0.1, 0.15) is 23.8 Å². The van der Waals surface area contributed by atoms with Gasteiger partial charge in [-0.2, -0.15) is 10.1 Å². The Kier molecular flexibility index (Phi) is 6.94. The first-order valence-corrected chi connectivity index (χ1v) is 9.71. The summed E-state index contributed by atoms with van der Waals surface area (Å²) in [4.78, 5) is 12.8. The maximum atomic E-state index is 13.4. The molecule has 32 heavy (non-hydrogen) atoms. The number of aryl methyl sites for hydroxylation is 1. The van der Waals surface area contributed by atoms with Crippen molar-refractivity contribution in [1.82, 2.24) is 5.01 Å². The Hall–Kier alpha value is -2.85. The van der Waals surface area contributed by atoms with Crippen molar-refractivity contribution in [2.75, 3.05) is 7.11 Å². The number of rotatable bonds is 7. The minimum absolute atomic E-state index is 0.00810. The highest BCUT2D eigenvalue weighted by molar-refractivity contribution is 6.31. The van der Waals surface area contributed by atoms with Gasteiger partial charge in [-0.1, -0.05) is 11.6 Å². The van der Waals surface area contributed by atoms with Gasteiger partial charge in [0.05, 0.1) is 7.11 Å². The van der Waals surface area contributed by atoms with Crippen LogP contribution < -0.4 is 9.47 Å². The van der Waals surface area contributed by atoms with Crippen LogP contribution in [0.2, 0.25) is 5.02 Å². The predicted molar refractivity (Wildman–Crippen MR) is 109 cm³/mol. The van der Waals surface area contributed by atoms with Crippen molar-refractivity contribution in [1.29, 1.82) is 0 Å². The van der Waals surface area contributed by atoms with E-state index >= 15 is 0 Å². The summed E-state index contributed by atoms with van der Waals surface area (Å²) in [6.07, 6.45) is -7.86. The quantitative estimate of drug-likeness (QED) is 0.593. The lowest BCUT2D eigenvalue weighted by Gasteiger charge is -2.30. The van der Waals surface area contributed by atoms with Gasteiger partial charge in [-0.25, -0.2) is 17.6 Å². The molecule has 0 aliphatic carbocycles. The number of halogens is 5. The van der Waals surface area contributed by atoms with Crippen LogP contribution in [-0.4, -0.2) is 47.4 Å². The molecule has 1 atom stereocenters. The molecule has 2 aromatic carbocycles. The van der Waals surface area contributed by atoms with E-state index < -0.39 is 36.6 Å². The van der Waals surface area contributed by atoms with Crippen molar-refractivity contribution in [3.8, 4) is 11.5 Å². The molecule has 0 saturated heterocycles. The lowest BCUT2D eigenvalue weighted by Crippen LogP contribution is -2.51. The highest BCUT2D eigenvalue weighted by Gasteiger charge is 2.53. The molecule has 0 bridgehead atoms.